The molecule has 0 radical (unpaired) electrons. The number of rotatable bonds is 4. The van der Waals surface area contributed by atoms with E-state index in [4.69, 9.17) is 5.73 Å². The highest BCUT2D eigenvalue weighted by Gasteiger charge is 2.15. The van der Waals surface area contributed by atoms with E-state index < -0.39 is 5.82 Å². The Bertz CT molecular complexity index is 380. The number of nitrogens with one attached hydrogen (secondary N) is 1. The van der Waals surface area contributed by atoms with Gasteiger partial charge in [0.2, 0.25) is 0 Å². The molecule has 0 heterocycles. The highest BCUT2D eigenvalue weighted by atomic mass is 79.9. The maximum absolute atomic E-state index is 13.2. The maximum atomic E-state index is 13.2. The van der Waals surface area contributed by atoms with E-state index in [1.165, 1.54) is 12.1 Å². The van der Waals surface area contributed by atoms with Gasteiger partial charge < -0.3 is 11.1 Å². The van der Waals surface area contributed by atoms with E-state index in [1.54, 1.807) is 6.07 Å². The number of benzene rings is 1. The number of carbonyl (C=O) groups excluding carboxylic acids is 1. The van der Waals surface area contributed by atoms with E-state index in [0.717, 1.165) is 6.42 Å². The van der Waals surface area contributed by atoms with E-state index in [0.29, 0.717) is 6.54 Å². The predicted molar refractivity (Wildman–Crippen MR) is 64.7 cm³/mol. The van der Waals surface area contributed by atoms with Gasteiger partial charge in [-0.05, 0) is 34.5 Å². The molecule has 1 aromatic rings. The molecule has 0 bridgehead atoms. The molecule has 0 saturated carbocycles. The molecule has 0 aliphatic heterocycles. The van der Waals surface area contributed by atoms with Crippen molar-refractivity contribution in [2.45, 2.75) is 19.4 Å². The molecule has 3 nitrogen and oxygen atoms in total. The first kappa shape index (κ1) is 13.1. The van der Waals surface area contributed by atoms with Crippen LogP contribution in [-0.4, -0.2) is 18.5 Å². The molecule has 0 fully saturated rings. The first-order valence-corrected chi connectivity index (χ1v) is 5.84. The summed E-state index contributed by atoms with van der Waals surface area (Å²) >= 11 is 3.05. The van der Waals surface area contributed by atoms with Gasteiger partial charge in [0.15, 0.2) is 0 Å². The molecule has 1 aromatic carbocycles. The Kier molecular flexibility index (Phi) is 4.89. The molecular weight excluding hydrogens is 275 g/mol. The largest absolute Gasteiger partial charge is 0.348 e. The zero-order chi connectivity index (χ0) is 12.1. The Hall–Kier alpha value is -0.940. The third kappa shape index (κ3) is 3.02. The highest BCUT2D eigenvalue weighted by molar-refractivity contribution is 9.10. The van der Waals surface area contributed by atoms with Crippen molar-refractivity contribution in [1.82, 2.24) is 5.32 Å². The minimum atomic E-state index is -0.451. The lowest BCUT2D eigenvalue weighted by atomic mass is 10.1. The molecule has 3 N–H and O–H groups in total. The molecule has 1 amide bonds. The van der Waals surface area contributed by atoms with Crippen LogP contribution in [0.1, 0.15) is 23.7 Å². The normalized spacial score (nSPS) is 12.2. The van der Waals surface area contributed by atoms with E-state index >= 15 is 0 Å². The zero-order valence-corrected chi connectivity index (χ0v) is 10.6. The number of amides is 1. The van der Waals surface area contributed by atoms with Crippen molar-refractivity contribution < 1.29 is 9.18 Å². The fourth-order valence-corrected chi connectivity index (χ4v) is 1.71. The van der Waals surface area contributed by atoms with E-state index in [9.17, 15) is 9.18 Å². The minimum Gasteiger partial charge on any atom is -0.348 e. The Labute approximate surface area is 102 Å². The van der Waals surface area contributed by atoms with Gasteiger partial charge in [-0.25, -0.2) is 4.39 Å². The van der Waals surface area contributed by atoms with Crippen molar-refractivity contribution in [1.29, 1.82) is 0 Å². The van der Waals surface area contributed by atoms with Gasteiger partial charge in [0, 0.05) is 12.6 Å². The van der Waals surface area contributed by atoms with Crippen LogP contribution in [0.5, 0.6) is 0 Å². The summed E-state index contributed by atoms with van der Waals surface area (Å²) in [5.74, 6) is -0.767. The zero-order valence-electron chi connectivity index (χ0n) is 8.97. The summed E-state index contributed by atoms with van der Waals surface area (Å²) in [6, 6.07) is 4.27. The third-order valence-corrected chi connectivity index (χ3v) is 3.11. The molecule has 0 saturated heterocycles. The molecule has 1 rings (SSSR count). The van der Waals surface area contributed by atoms with Gasteiger partial charge in [-0.3, -0.25) is 4.79 Å². The topological polar surface area (TPSA) is 55.1 Å². The van der Waals surface area contributed by atoms with E-state index in [2.05, 4.69) is 21.2 Å². The molecule has 0 aliphatic rings. The molecular formula is C11H14BrFN2O. The SMILES string of the molecule is CCC(CN)NC(=O)c1cccc(F)c1Br. The summed E-state index contributed by atoms with van der Waals surface area (Å²) in [6.07, 6.45) is 0.745. The monoisotopic (exact) mass is 288 g/mol. The smallest absolute Gasteiger partial charge is 0.252 e. The second-order valence-electron chi connectivity index (χ2n) is 3.42. The fraction of sp³-hybridized carbons (Fsp3) is 0.364. The van der Waals surface area contributed by atoms with Crippen LogP contribution in [0.15, 0.2) is 22.7 Å². The van der Waals surface area contributed by atoms with E-state index in [1.807, 2.05) is 6.92 Å². The Morgan fingerprint density at radius 1 is 1.62 bits per heavy atom. The van der Waals surface area contributed by atoms with Crippen molar-refractivity contribution in [3.63, 3.8) is 0 Å². The molecule has 16 heavy (non-hydrogen) atoms. The molecule has 0 aromatic heterocycles. The van der Waals surface area contributed by atoms with Gasteiger partial charge in [-0.1, -0.05) is 13.0 Å². The lowest BCUT2D eigenvalue weighted by Gasteiger charge is -2.15. The first-order chi connectivity index (χ1) is 7.60. The average molecular weight is 289 g/mol. The number of hydrogen-bond donors (Lipinski definition) is 2. The first-order valence-electron chi connectivity index (χ1n) is 5.05. The van der Waals surface area contributed by atoms with Crippen LogP contribution in [0, 0.1) is 5.82 Å². The van der Waals surface area contributed by atoms with E-state index in [-0.39, 0.29) is 22.0 Å². The summed E-state index contributed by atoms with van der Waals surface area (Å²) in [6.45, 7) is 2.30. The number of carbonyl (C=O) groups is 1. The van der Waals surface area contributed by atoms with Gasteiger partial charge in [0.05, 0.1) is 10.0 Å². The van der Waals surface area contributed by atoms with Gasteiger partial charge >= 0.3 is 0 Å². The van der Waals surface area contributed by atoms with Crippen molar-refractivity contribution >= 4 is 21.8 Å². The fourth-order valence-electron chi connectivity index (χ4n) is 1.27. The van der Waals surface area contributed by atoms with Crippen LogP contribution in [0.3, 0.4) is 0 Å². The predicted octanol–water partition coefficient (Wildman–Crippen LogP) is 2.06. The summed E-state index contributed by atoms with van der Waals surface area (Å²) in [7, 11) is 0. The maximum Gasteiger partial charge on any atom is 0.252 e. The lowest BCUT2D eigenvalue weighted by Crippen LogP contribution is -2.39. The van der Waals surface area contributed by atoms with Crippen molar-refractivity contribution in [3.05, 3.63) is 34.1 Å². The molecule has 0 aliphatic carbocycles. The Morgan fingerprint density at radius 2 is 2.31 bits per heavy atom. The second-order valence-corrected chi connectivity index (χ2v) is 4.21. The van der Waals surface area contributed by atoms with Crippen LogP contribution >= 0.6 is 15.9 Å². The molecule has 5 heteroatoms. The van der Waals surface area contributed by atoms with Gasteiger partial charge in [0.25, 0.3) is 5.91 Å². The summed E-state index contributed by atoms with van der Waals surface area (Å²) in [5, 5.41) is 2.74. The average Bonchev–Trinajstić information content (AvgIpc) is 2.29. The van der Waals surface area contributed by atoms with Gasteiger partial charge in [0.1, 0.15) is 5.82 Å². The van der Waals surface area contributed by atoms with Crippen LogP contribution in [0.25, 0.3) is 0 Å². The number of halogens is 2. The standard InChI is InChI=1S/C11H14BrFN2O/c1-2-7(6-14)15-11(16)8-4-3-5-9(13)10(8)12/h3-5,7H,2,6,14H2,1H3,(H,15,16). The second kappa shape index (κ2) is 5.96. The van der Waals surface area contributed by atoms with Crippen molar-refractivity contribution in [2.24, 2.45) is 5.73 Å². The lowest BCUT2D eigenvalue weighted by molar-refractivity contribution is 0.0936. The number of nitrogens with two attached hydrogens (primary N) is 1. The summed E-state index contributed by atoms with van der Waals surface area (Å²) in [5.41, 5.74) is 5.76. The Balaban J connectivity index is 2.84. The van der Waals surface area contributed by atoms with Gasteiger partial charge in [-0.2, -0.15) is 0 Å². The molecule has 0 spiro atoms. The third-order valence-electron chi connectivity index (χ3n) is 2.31. The molecule has 1 unspecified atom stereocenters. The van der Waals surface area contributed by atoms with Crippen molar-refractivity contribution in [3.8, 4) is 0 Å². The molecule has 1 atom stereocenters. The Morgan fingerprint density at radius 3 is 2.88 bits per heavy atom. The number of hydrogen-bond acceptors (Lipinski definition) is 2. The van der Waals surface area contributed by atoms with Crippen LogP contribution < -0.4 is 11.1 Å². The van der Waals surface area contributed by atoms with Crippen LogP contribution in [0.4, 0.5) is 4.39 Å². The van der Waals surface area contributed by atoms with Crippen LogP contribution in [-0.2, 0) is 0 Å². The van der Waals surface area contributed by atoms with Gasteiger partial charge in [-0.15, -0.1) is 0 Å². The van der Waals surface area contributed by atoms with Crippen LogP contribution in [0.2, 0.25) is 0 Å². The quantitative estimate of drug-likeness (QED) is 0.891. The molecule has 88 valence electrons. The highest BCUT2D eigenvalue weighted by Crippen LogP contribution is 2.20. The summed E-state index contributed by atoms with van der Waals surface area (Å²) in [4.78, 5) is 11.8. The van der Waals surface area contributed by atoms with Crippen molar-refractivity contribution in [2.75, 3.05) is 6.54 Å². The minimum absolute atomic E-state index is 0.0809. The summed E-state index contributed by atoms with van der Waals surface area (Å²) < 4.78 is 13.4.